The Morgan fingerprint density at radius 1 is 1.18 bits per heavy atom. The Morgan fingerprint density at radius 2 is 1.97 bits per heavy atom. The number of hydrogen-bond acceptors (Lipinski definition) is 7. The van der Waals surface area contributed by atoms with Crippen molar-refractivity contribution in [1.82, 2.24) is 24.2 Å². The maximum atomic E-state index is 14.3. The van der Waals surface area contributed by atoms with E-state index in [4.69, 9.17) is 9.47 Å². The molecule has 3 heterocycles. The van der Waals surface area contributed by atoms with Crippen LogP contribution in [-0.2, 0) is 9.53 Å². The Labute approximate surface area is 225 Å². The van der Waals surface area contributed by atoms with Crippen LogP contribution in [0.2, 0.25) is 0 Å². The van der Waals surface area contributed by atoms with Gasteiger partial charge in [-0.2, -0.15) is 0 Å². The summed E-state index contributed by atoms with van der Waals surface area (Å²) < 4.78 is 26.5. The lowest BCUT2D eigenvalue weighted by molar-refractivity contribution is -0.135. The number of aromatic nitrogens is 3. The number of morpholine rings is 1. The van der Waals surface area contributed by atoms with Crippen molar-refractivity contribution in [2.45, 2.75) is 6.92 Å². The van der Waals surface area contributed by atoms with Gasteiger partial charge in [0.15, 0.2) is 23.0 Å². The maximum absolute atomic E-state index is 14.3. The normalized spacial score (nSPS) is 13.4. The van der Waals surface area contributed by atoms with Crippen molar-refractivity contribution in [3.05, 3.63) is 71.9 Å². The fourth-order valence-electron chi connectivity index (χ4n) is 4.57. The number of halogens is 1. The van der Waals surface area contributed by atoms with Gasteiger partial charge in [0.05, 0.1) is 38.8 Å². The van der Waals surface area contributed by atoms with Gasteiger partial charge in [-0.15, -0.1) is 0 Å². The van der Waals surface area contributed by atoms with E-state index in [0.29, 0.717) is 65.8 Å². The summed E-state index contributed by atoms with van der Waals surface area (Å²) in [6.07, 6.45) is 5.02. The van der Waals surface area contributed by atoms with Gasteiger partial charge in [-0.1, -0.05) is 6.07 Å². The molecule has 1 aliphatic heterocycles. The molecule has 1 fully saturated rings. The van der Waals surface area contributed by atoms with Crippen molar-refractivity contribution in [3.8, 4) is 17.0 Å². The van der Waals surface area contributed by atoms with E-state index >= 15 is 0 Å². The highest BCUT2D eigenvalue weighted by Crippen LogP contribution is 2.29. The van der Waals surface area contributed by atoms with Crippen molar-refractivity contribution in [3.63, 3.8) is 0 Å². The van der Waals surface area contributed by atoms with Gasteiger partial charge in [0.2, 0.25) is 5.91 Å². The van der Waals surface area contributed by atoms with Gasteiger partial charge in [-0.3, -0.25) is 14.0 Å². The van der Waals surface area contributed by atoms with Crippen molar-refractivity contribution >= 4 is 29.0 Å². The molecule has 0 saturated carbocycles. The van der Waals surface area contributed by atoms with Crippen LogP contribution in [0.15, 0.2) is 55.0 Å². The highest BCUT2D eigenvalue weighted by molar-refractivity contribution is 5.99. The quantitative estimate of drug-likeness (QED) is 0.389. The monoisotopic (exact) mass is 532 g/mol. The first-order chi connectivity index (χ1) is 18.9. The van der Waals surface area contributed by atoms with Gasteiger partial charge in [-0.25, -0.2) is 14.4 Å². The molecule has 0 bridgehead atoms. The molecule has 4 aromatic rings. The zero-order valence-corrected chi connectivity index (χ0v) is 22.0. The average molecular weight is 533 g/mol. The van der Waals surface area contributed by atoms with Gasteiger partial charge in [0.1, 0.15) is 0 Å². The molecule has 10 nitrogen and oxygen atoms in total. The molecule has 5 rings (SSSR count). The molecule has 0 spiro atoms. The Bertz CT molecular complexity index is 1530. The number of nitrogens with one attached hydrogen (secondary N) is 1. The number of methoxy groups -OCH3 is 1. The minimum absolute atomic E-state index is 0.0143. The summed E-state index contributed by atoms with van der Waals surface area (Å²) in [6.45, 7) is 3.89. The SMILES string of the molecule is COc1ccc(-c2cnc3c(Nc4cccc(C(=O)N(C)CC(=O)N5CCOCC5)c4C)nccn23)cc1F. The topological polar surface area (TPSA) is 101 Å². The van der Waals surface area contributed by atoms with Crippen molar-refractivity contribution < 1.29 is 23.5 Å². The van der Waals surface area contributed by atoms with E-state index in [9.17, 15) is 14.0 Å². The minimum atomic E-state index is -0.467. The number of carbonyl (C=O) groups is 2. The number of nitrogens with zero attached hydrogens (tertiary/aromatic N) is 5. The first kappa shape index (κ1) is 26.1. The Kier molecular flexibility index (Phi) is 7.42. The maximum Gasteiger partial charge on any atom is 0.254 e. The second-order valence-electron chi connectivity index (χ2n) is 9.22. The smallest absolute Gasteiger partial charge is 0.254 e. The zero-order chi connectivity index (χ0) is 27.5. The number of ether oxygens (including phenoxy) is 2. The third kappa shape index (κ3) is 5.26. The molecule has 2 aromatic heterocycles. The number of rotatable bonds is 7. The van der Waals surface area contributed by atoms with Crippen LogP contribution in [-0.4, -0.2) is 83.0 Å². The molecule has 0 radical (unpaired) electrons. The van der Waals surface area contributed by atoms with E-state index in [1.165, 1.54) is 18.1 Å². The molecule has 2 aromatic carbocycles. The van der Waals surface area contributed by atoms with Crippen LogP contribution in [0.25, 0.3) is 16.9 Å². The van der Waals surface area contributed by atoms with Crippen LogP contribution in [0, 0.1) is 12.7 Å². The number of hydrogen-bond donors (Lipinski definition) is 1. The molecule has 202 valence electrons. The fourth-order valence-corrected chi connectivity index (χ4v) is 4.57. The molecule has 1 N–H and O–H groups in total. The molecule has 0 atom stereocenters. The van der Waals surface area contributed by atoms with E-state index < -0.39 is 5.82 Å². The molecule has 0 aliphatic carbocycles. The summed E-state index contributed by atoms with van der Waals surface area (Å²) in [7, 11) is 3.04. The van der Waals surface area contributed by atoms with Gasteiger partial charge in [0, 0.05) is 49.3 Å². The predicted octanol–water partition coefficient (Wildman–Crippen LogP) is 3.53. The van der Waals surface area contributed by atoms with Crippen LogP contribution < -0.4 is 10.1 Å². The van der Waals surface area contributed by atoms with Gasteiger partial charge in [0.25, 0.3) is 5.91 Å². The van der Waals surface area contributed by atoms with Crippen LogP contribution in [0.4, 0.5) is 15.9 Å². The molecule has 11 heteroatoms. The molecule has 39 heavy (non-hydrogen) atoms. The lowest BCUT2D eigenvalue weighted by Gasteiger charge is -2.29. The third-order valence-electron chi connectivity index (χ3n) is 6.78. The van der Waals surface area contributed by atoms with Crippen LogP contribution in [0.3, 0.4) is 0 Å². The van der Waals surface area contributed by atoms with Crippen molar-refractivity contribution in [2.75, 3.05) is 52.3 Å². The summed E-state index contributed by atoms with van der Waals surface area (Å²) in [5, 5.41) is 3.29. The summed E-state index contributed by atoms with van der Waals surface area (Å²) in [4.78, 5) is 38.0. The number of benzene rings is 2. The second kappa shape index (κ2) is 11.1. The molecular formula is C28H29FN6O4. The highest BCUT2D eigenvalue weighted by Gasteiger charge is 2.23. The van der Waals surface area contributed by atoms with Crippen LogP contribution >= 0.6 is 0 Å². The first-order valence-corrected chi connectivity index (χ1v) is 12.5. The molecule has 1 saturated heterocycles. The number of amides is 2. The molecule has 0 unspecified atom stereocenters. The highest BCUT2D eigenvalue weighted by atomic mass is 19.1. The Hall–Kier alpha value is -4.51. The standard InChI is InChI=1S/C28H29FN6O4/c1-18-20(28(37)33(2)17-25(36)34-11-13-39-14-12-34)5-4-6-22(18)32-26-27-31-16-23(35(27)10-9-30-26)19-7-8-24(38-3)21(29)15-19/h4-10,15-16H,11-14,17H2,1-3H3,(H,30,32). The van der Waals surface area contributed by atoms with E-state index in [1.54, 1.807) is 54.8 Å². The van der Waals surface area contributed by atoms with E-state index in [-0.39, 0.29) is 24.1 Å². The fraction of sp³-hybridized carbons (Fsp3) is 0.286. The number of fused-ring (bicyclic) bond motifs is 1. The molecular weight excluding hydrogens is 503 g/mol. The second-order valence-corrected chi connectivity index (χ2v) is 9.22. The van der Waals surface area contributed by atoms with Gasteiger partial charge < -0.3 is 24.6 Å². The number of likely N-dealkylation sites (N-methyl/N-ethyl adjacent to an activating group) is 1. The van der Waals surface area contributed by atoms with E-state index in [2.05, 4.69) is 15.3 Å². The largest absolute Gasteiger partial charge is 0.494 e. The van der Waals surface area contributed by atoms with Gasteiger partial charge >= 0.3 is 0 Å². The minimum Gasteiger partial charge on any atom is -0.494 e. The van der Waals surface area contributed by atoms with E-state index in [1.807, 2.05) is 17.4 Å². The molecule has 1 aliphatic rings. The summed E-state index contributed by atoms with van der Waals surface area (Å²) in [5.74, 6) is -0.192. The number of anilines is 2. The average Bonchev–Trinajstić information content (AvgIpc) is 3.39. The van der Waals surface area contributed by atoms with Crippen molar-refractivity contribution in [2.24, 2.45) is 0 Å². The Morgan fingerprint density at radius 3 is 2.72 bits per heavy atom. The Balaban J connectivity index is 1.37. The zero-order valence-electron chi connectivity index (χ0n) is 22.0. The van der Waals surface area contributed by atoms with Crippen LogP contribution in [0.5, 0.6) is 5.75 Å². The van der Waals surface area contributed by atoms with Gasteiger partial charge in [-0.05, 0) is 42.8 Å². The van der Waals surface area contributed by atoms with Crippen LogP contribution in [0.1, 0.15) is 15.9 Å². The third-order valence-corrected chi connectivity index (χ3v) is 6.78. The number of carbonyl (C=O) groups excluding carboxylic acids is 2. The first-order valence-electron chi connectivity index (χ1n) is 12.5. The molecule has 2 amide bonds. The summed E-state index contributed by atoms with van der Waals surface area (Å²) in [5.41, 5.74) is 3.71. The lowest BCUT2D eigenvalue weighted by Crippen LogP contribution is -2.46. The number of imidazole rings is 1. The lowest BCUT2D eigenvalue weighted by atomic mass is 10.1. The summed E-state index contributed by atoms with van der Waals surface area (Å²) >= 11 is 0. The van der Waals surface area contributed by atoms with Crippen molar-refractivity contribution in [1.29, 1.82) is 0 Å². The summed E-state index contributed by atoms with van der Waals surface area (Å²) in [6, 6.07) is 10.1. The predicted molar refractivity (Wildman–Crippen MR) is 144 cm³/mol. The van der Waals surface area contributed by atoms with E-state index in [0.717, 1.165) is 0 Å².